The molecule has 114 valence electrons. The summed E-state index contributed by atoms with van der Waals surface area (Å²) in [6, 6.07) is 2.45. The molecule has 1 aromatic rings. The Morgan fingerprint density at radius 3 is 2.55 bits per heavy atom. The third kappa shape index (κ3) is 4.04. The van der Waals surface area contributed by atoms with Crippen molar-refractivity contribution in [3.05, 3.63) is 16.5 Å². The summed E-state index contributed by atoms with van der Waals surface area (Å²) < 4.78 is 27.9. The van der Waals surface area contributed by atoms with Gasteiger partial charge in [-0.3, -0.25) is 0 Å². The van der Waals surface area contributed by atoms with Crippen LogP contribution in [0.25, 0.3) is 0 Å². The predicted molar refractivity (Wildman–Crippen MR) is 83.6 cm³/mol. The van der Waals surface area contributed by atoms with Gasteiger partial charge in [-0.15, -0.1) is 11.3 Å². The number of hydrogen-bond donors (Lipinski definition) is 2. The van der Waals surface area contributed by atoms with Gasteiger partial charge in [0.05, 0.1) is 0 Å². The highest BCUT2D eigenvalue weighted by molar-refractivity contribution is 7.91. The third-order valence-electron chi connectivity index (χ3n) is 3.70. The molecule has 0 atom stereocenters. The van der Waals surface area contributed by atoms with E-state index >= 15 is 0 Å². The van der Waals surface area contributed by atoms with E-state index < -0.39 is 10.0 Å². The lowest BCUT2D eigenvalue weighted by molar-refractivity contribution is 0.531. The molecule has 1 aliphatic carbocycles. The molecule has 0 aliphatic heterocycles. The first-order valence-corrected chi connectivity index (χ1v) is 9.61. The Bertz CT molecular complexity index is 544. The van der Waals surface area contributed by atoms with Crippen LogP contribution in [0.2, 0.25) is 0 Å². The fraction of sp³-hybridized carbons (Fsp3) is 0.714. The number of rotatable bonds is 8. The van der Waals surface area contributed by atoms with Gasteiger partial charge in [-0.05, 0) is 44.2 Å². The highest BCUT2D eigenvalue weighted by Gasteiger charge is 2.23. The average molecular weight is 316 g/mol. The zero-order chi connectivity index (χ0) is 14.8. The van der Waals surface area contributed by atoms with E-state index in [1.807, 2.05) is 20.8 Å². The first kappa shape index (κ1) is 15.9. The van der Waals surface area contributed by atoms with Gasteiger partial charge < -0.3 is 5.32 Å². The van der Waals surface area contributed by atoms with Crippen molar-refractivity contribution >= 4 is 21.4 Å². The number of sulfonamides is 1. The predicted octanol–water partition coefficient (Wildman–Crippen LogP) is 2.78. The second-order valence-electron chi connectivity index (χ2n) is 5.46. The van der Waals surface area contributed by atoms with Crippen molar-refractivity contribution in [1.29, 1.82) is 0 Å². The monoisotopic (exact) mass is 316 g/mol. The molecule has 1 aromatic heterocycles. The van der Waals surface area contributed by atoms with Gasteiger partial charge in [-0.25, -0.2) is 13.1 Å². The van der Waals surface area contributed by atoms with E-state index in [1.54, 1.807) is 6.07 Å². The van der Waals surface area contributed by atoms with Crippen LogP contribution < -0.4 is 10.0 Å². The molecule has 1 saturated carbocycles. The lowest BCUT2D eigenvalue weighted by Crippen LogP contribution is -2.33. The van der Waals surface area contributed by atoms with Crippen LogP contribution in [0.4, 0.5) is 0 Å². The van der Waals surface area contributed by atoms with Crippen molar-refractivity contribution in [2.24, 2.45) is 0 Å². The van der Waals surface area contributed by atoms with Gasteiger partial charge in [0.25, 0.3) is 0 Å². The Morgan fingerprint density at radius 2 is 2.00 bits per heavy atom. The van der Waals surface area contributed by atoms with Crippen molar-refractivity contribution in [2.45, 2.75) is 69.3 Å². The number of hydrogen-bond acceptors (Lipinski definition) is 4. The molecule has 0 saturated heterocycles. The molecule has 1 aliphatic rings. The third-order valence-corrected chi connectivity index (χ3v) is 6.93. The summed E-state index contributed by atoms with van der Waals surface area (Å²) in [6.45, 7) is 6.76. The molecule has 2 rings (SSSR count). The van der Waals surface area contributed by atoms with Gasteiger partial charge >= 0.3 is 0 Å². The summed E-state index contributed by atoms with van der Waals surface area (Å²) in [5.74, 6) is 0. The van der Waals surface area contributed by atoms with Crippen molar-refractivity contribution in [2.75, 3.05) is 0 Å². The molecule has 1 fully saturated rings. The summed E-state index contributed by atoms with van der Waals surface area (Å²) in [6.07, 6.45) is 4.12. The van der Waals surface area contributed by atoms with Crippen LogP contribution in [-0.2, 0) is 16.6 Å². The summed E-state index contributed by atoms with van der Waals surface area (Å²) in [5, 5.41) is 3.44. The van der Waals surface area contributed by atoms with E-state index in [1.165, 1.54) is 24.2 Å². The van der Waals surface area contributed by atoms with Gasteiger partial charge in [0.2, 0.25) is 10.0 Å². The van der Waals surface area contributed by atoms with E-state index in [2.05, 4.69) is 10.0 Å². The topological polar surface area (TPSA) is 58.2 Å². The smallest absolute Gasteiger partial charge is 0.250 e. The number of aryl methyl sites for hydroxylation is 1. The highest BCUT2D eigenvalue weighted by atomic mass is 32.2. The summed E-state index contributed by atoms with van der Waals surface area (Å²) in [4.78, 5) is 1.13. The molecule has 1 heterocycles. The Kier molecular flexibility index (Phi) is 5.23. The minimum atomic E-state index is -3.37. The maximum atomic E-state index is 12.4. The second kappa shape index (κ2) is 6.56. The van der Waals surface area contributed by atoms with Gasteiger partial charge in [0, 0.05) is 23.5 Å². The van der Waals surface area contributed by atoms with Crippen molar-refractivity contribution in [3.63, 3.8) is 0 Å². The number of thiophene rings is 1. The molecular weight excluding hydrogens is 292 g/mol. The second-order valence-corrected chi connectivity index (χ2v) is 8.54. The van der Waals surface area contributed by atoms with E-state index in [4.69, 9.17) is 0 Å². The van der Waals surface area contributed by atoms with Crippen LogP contribution in [-0.4, -0.2) is 20.5 Å². The van der Waals surface area contributed by atoms with E-state index in [0.29, 0.717) is 10.3 Å². The van der Waals surface area contributed by atoms with E-state index in [9.17, 15) is 8.42 Å². The maximum absolute atomic E-state index is 12.4. The number of nitrogens with one attached hydrogen (secondary N) is 2. The van der Waals surface area contributed by atoms with Crippen LogP contribution in [0.3, 0.4) is 0 Å². The Balaban J connectivity index is 2.08. The Hall–Kier alpha value is -0.430. The van der Waals surface area contributed by atoms with Crippen LogP contribution in [0, 0.1) is 6.92 Å². The molecule has 0 unspecified atom stereocenters. The van der Waals surface area contributed by atoms with Crippen molar-refractivity contribution in [3.8, 4) is 0 Å². The molecule has 6 heteroatoms. The fourth-order valence-corrected chi connectivity index (χ4v) is 5.01. The summed E-state index contributed by atoms with van der Waals surface area (Å²) >= 11 is 1.39. The quantitative estimate of drug-likeness (QED) is 0.775. The molecule has 0 radical (unpaired) electrons. The van der Waals surface area contributed by atoms with Crippen LogP contribution in [0.5, 0.6) is 0 Å². The lowest BCUT2D eigenvalue weighted by atomic mass is 10.2. The average Bonchev–Trinajstić information content (AvgIpc) is 3.16. The van der Waals surface area contributed by atoms with E-state index in [0.717, 1.165) is 29.8 Å². The van der Waals surface area contributed by atoms with Gasteiger partial charge in [-0.1, -0.05) is 13.8 Å². The van der Waals surface area contributed by atoms with Gasteiger partial charge in [0.15, 0.2) is 0 Å². The lowest BCUT2D eigenvalue weighted by Gasteiger charge is -2.13. The zero-order valence-corrected chi connectivity index (χ0v) is 14.0. The molecule has 2 N–H and O–H groups in total. The summed E-state index contributed by atoms with van der Waals surface area (Å²) in [7, 11) is -3.37. The first-order valence-electron chi connectivity index (χ1n) is 7.31. The van der Waals surface area contributed by atoms with Crippen LogP contribution in [0.1, 0.15) is 50.0 Å². The standard InChI is InChI=1S/C14H24N2O2S2/c1-4-11(5-2)16-20(17,18)14-8-10(3)13(19-14)9-15-12-6-7-12/h8,11-12,15-16H,4-7,9H2,1-3H3. The molecule has 0 amide bonds. The van der Waals surface area contributed by atoms with E-state index in [-0.39, 0.29) is 6.04 Å². The molecular formula is C14H24N2O2S2. The van der Waals surface area contributed by atoms with Gasteiger partial charge in [-0.2, -0.15) is 0 Å². The SMILES string of the molecule is CCC(CC)NS(=O)(=O)c1cc(C)c(CNC2CC2)s1. The summed E-state index contributed by atoms with van der Waals surface area (Å²) in [5.41, 5.74) is 1.06. The Morgan fingerprint density at radius 1 is 1.35 bits per heavy atom. The Labute approximate surface area is 126 Å². The largest absolute Gasteiger partial charge is 0.309 e. The van der Waals surface area contributed by atoms with Crippen molar-refractivity contribution < 1.29 is 8.42 Å². The first-order chi connectivity index (χ1) is 9.46. The molecule has 4 nitrogen and oxygen atoms in total. The van der Waals surface area contributed by atoms with Crippen molar-refractivity contribution in [1.82, 2.24) is 10.0 Å². The highest BCUT2D eigenvalue weighted by Crippen LogP contribution is 2.27. The zero-order valence-electron chi connectivity index (χ0n) is 12.4. The molecule has 0 aromatic carbocycles. The molecule has 0 bridgehead atoms. The normalized spacial score (nSPS) is 16.0. The van der Waals surface area contributed by atoms with Crippen LogP contribution in [0.15, 0.2) is 10.3 Å². The molecule has 0 spiro atoms. The molecule has 20 heavy (non-hydrogen) atoms. The minimum absolute atomic E-state index is 0.0236. The fourth-order valence-electron chi connectivity index (χ4n) is 2.05. The minimum Gasteiger partial charge on any atom is -0.309 e. The van der Waals surface area contributed by atoms with Gasteiger partial charge in [0.1, 0.15) is 4.21 Å². The van der Waals surface area contributed by atoms with Crippen LogP contribution >= 0.6 is 11.3 Å². The maximum Gasteiger partial charge on any atom is 0.250 e.